The van der Waals surface area contributed by atoms with Crippen LogP contribution >= 0.6 is 0 Å². The molecule has 3 nitrogen and oxygen atoms in total. The van der Waals surface area contributed by atoms with Gasteiger partial charge in [0.05, 0.1) is 11.4 Å². The van der Waals surface area contributed by atoms with Crippen molar-refractivity contribution >= 4 is 11.4 Å². The Bertz CT molecular complexity index is 738. The van der Waals surface area contributed by atoms with Crippen molar-refractivity contribution in [3.63, 3.8) is 0 Å². The molecule has 108 valence electrons. The Morgan fingerprint density at radius 1 is 1.24 bits per heavy atom. The molecule has 0 aliphatic heterocycles. The smallest absolute Gasteiger partial charge is 0.195 e. The number of imidazole rings is 1. The Hall–Kier alpha value is -2.16. The van der Waals surface area contributed by atoms with E-state index in [0.717, 1.165) is 35.7 Å². The van der Waals surface area contributed by atoms with Gasteiger partial charge in [0, 0.05) is 29.2 Å². The summed E-state index contributed by atoms with van der Waals surface area (Å²) < 4.78 is 2.18. The fourth-order valence-corrected chi connectivity index (χ4v) is 3.01. The lowest BCUT2D eigenvalue weighted by Gasteiger charge is -2.19. The van der Waals surface area contributed by atoms with Crippen LogP contribution < -0.4 is 0 Å². The molecule has 0 bridgehead atoms. The molecule has 1 aliphatic carbocycles. The molecule has 0 unspecified atom stereocenters. The average Bonchev–Trinajstić information content (AvgIpc) is 2.85. The molecular formula is C18H20N2O. The molecule has 0 fully saturated rings. The first-order valence-corrected chi connectivity index (χ1v) is 7.50. The van der Waals surface area contributed by atoms with E-state index >= 15 is 0 Å². The summed E-state index contributed by atoms with van der Waals surface area (Å²) in [7, 11) is 0. The minimum Gasteiger partial charge on any atom is -0.327 e. The van der Waals surface area contributed by atoms with E-state index in [1.165, 1.54) is 0 Å². The summed E-state index contributed by atoms with van der Waals surface area (Å²) in [5.41, 5.74) is 4.03. The third-order valence-corrected chi connectivity index (χ3v) is 3.95. The van der Waals surface area contributed by atoms with Crippen LogP contribution in [-0.4, -0.2) is 15.3 Å². The predicted octanol–water partition coefficient (Wildman–Crippen LogP) is 4.29. The zero-order chi connectivity index (χ0) is 15.1. The van der Waals surface area contributed by atoms with Gasteiger partial charge in [-0.3, -0.25) is 4.79 Å². The minimum absolute atomic E-state index is 0.0191. The first-order chi connectivity index (χ1) is 10.1. The fourth-order valence-electron chi connectivity index (χ4n) is 3.01. The summed E-state index contributed by atoms with van der Waals surface area (Å²) in [4.78, 5) is 17.4. The van der Waals surface area contributed by atoms with Gasteiger partial charge in [0.25, 0.3) is 0 Å². The molecule has 1 aliphatic rings. The summed E-state index contributed by atoms with van der Waals surface area (Å²) in [6, 6.07) is 7.69. The zero-order valence-electron chi connectivity index (χ0n) is 12.8. The van der Waals surface area contributed by atoms with Gasteiger partial charge in [-0.1, -0.05) is 51.6 Å². The van der Waals surface area contributed by atoms with Crippen molar-refractivity contribution in [3.8, 4) is 11.3 Å². The van der Waals surface area contributed by atoms with Crippen molar-refractivity contribution in [2.24, 2.45) is 0 Å². The Kier molecular flexibility index (Phi) is 3.28. The largest absolute Gasteiger partial charge is 0.327 e. The summed E-state index contributed by atoms with van der Waals surface area (Å²) in [5, 5.41) is 0. The molecule has 3 rings (SSSR count). The van der Waals surface area contributed by atoms with Crippen molar-refractivity contribution in [1.29, 1.82) is 0 Å². The highest BCUT2D eigenvalue weighted by Gasteiger charge is 2.31. The van der Waals surface area contributed by atoms with Crippen molar-refractivity contribution in [3.05, 3.63) is 47.9 Å². The number of fused-ring (bicyclic) bond motifs is 3. The second-order valence-corrected chi connectivity index (χ2v) is 5.83. The number of aromatic nitrogens is 2. The molecule has 3 heteroatoms. The zero-order valence-corrected chi connectivity index (χ0v) is 12.8. The maximum atomic E-state index is 12.6. The highest BCUT2D eigenvalue weighted by atomic mass is 16.1. The lowest BCUT2D eigenvalue weighted by atomic mass is 9.88. The molecule has 0 N–H and O–H groups in total. The topological polar surface area (TPSA) is 34.9 Å². The Morgan fingerprint density at radius 3 is 2.52 bits per heavy atom. The van der Waals surface area contributed by atoms with Crippen LogP contribution in [0.5, 0.6) is 0 Å². The third-order valence-electron chi connectivity index (χ3n) is 3.95. The molecule has 0 amide bonds. The van der Waals surface area contributed by atoms with Crippen LogP contribution in [0.4, 0.5) is 0 Å². The van der Waals surface area contributed by atoms with E-state index in [-0.39, 0.29) is 5.78 Å². The van der Waals surface area contributed by atoms with E-state index in [2.05, 4.69) is 31.9 Å². The van der Waals surface area contributed by atoms with Crippen LogP contribution in [-0.2, 0) is 6.54 Å². The first-order valence-electron chi connectivity index (χ1n) is 7.50. The van der Waals surface area contributed by atoms with Crippen molar-refractivity contribution in [2.45, 2.75) is 39.7 Å². The van der Waals surface area contributed by atoms with Crippen molar-refractivity contribution in [1.82, 2.24) is 9.55 Å². The van der Waals surface area contributed by atoms with Gasteiger partial charge in [-0.25, -0.2) is 4.98 Å². The van der Waals surface area contributed by atoms with Crippen LogP contribution in [0, 0.1) is 0 Å². The molecule has 2 aromatic rings. The molecule has 0 atom stereocenters. The second kappa shape index (κ2) is 4.99. The lowest BCUT2D eigenvalue weighted by molar-refractivity contribution is 0.105. The number of rotatable bonds is 3. The van der Waals surface area contributed by atoms with Crippen molar-refractivity contribution < 1.29 is 4.79 Å². The van der Waals surface area contributed by atoms with E-state index < -0.39 is 0 Å². The van der Waals surface area contributed by atoms with E-state index in [1.54, 1.807) is 0 Å². The molecule has 1 heterocycles. The van der Waals surface area contributed by atoms with Crippen LogP contribution in [0.15, 0.2) is 30.8 Å². The Labute approximate surface area is 125 Å². The van der Waals surface area contributed by atoms with E-state index in [0.29, 0.717) is 17.1 Å². The monoisotopic (exact) mass is 280 g/mol. The van der Waals surface area contributed by atoms with Gasteiger partial charge in [-0.2, -0.15) is 0 Å². The summed E-state index contributed by atoms with van der Waals surface area (Å²) in [6.07, 6.45) is 1.01. The number of allylic oxidation sites excluding steroid dienone is 1. The summed E-state index contributed by atoms with van der Waals surface area (Å²) >= 11 is 0. The number of Topliss-reactive ketones (excluding diaryl/α,β-unsaturated/α-hetero) is 1. The van der Waals surface area contributed by atoms with Gasteiger partial charge in [-0.05, 0) is 6.42 Å². The van der Waals surface area contributed by atoms with Gasteiger partial charge < -0.3 is 4.57 Å². The van der Waals surface area contributed by atoms with Gasteiger partial charge in [0.1, 0.15) is 5.82 Å². The number of carbonyl (C=O) groups is 1. The van der Waals surface area contributed by atoms with Gasteiger partial charge in [0.2, 0.25) is 0 Å². The van der Waals surface area contributed by atoms with E-state index in [1.807, 2.05) is 24.3 Å². The molecule has 21 heavy (non-hydrogen) atoms. The van der Waals surface area contributed by atoms with E-state index in [4.69, 9.17) is 4.98 Å². The van der Waals surface area contributed by atoms with E-state index in [9.17, 15) is 4.79 Å². The molecule has 0 saturated carbocycles. The van der Waals surface area contributed by atoms with Gasteiger partial charge in [-0.15, -0.1) is 0 Å². The highest BCUT2D eigenvalue weighted by Crippen LogP contribution is 2.39. The standard InChI is InChI=1S/C18H20N2O/c1-5-10-20-16-12(4)17(21)14-9-7-6-8-13(14)15(16)19-18(20)11(2)3/h6-9,11H,4-5,10H2,1-3H3. The minimum atomic E-state index is 0.0191. The lowest BCUT2D eigenvalue weighted by Crippen LogP contribution is -2.15. The quantitative estimate of drug-likeness (QED) is 0.786. The SMILES string of the molecule is C=C1C(=O)c2ccccc2-c2nc(C(C)C)n(CCC)c21. The molecule has 1 aromatic heterocycles. The third kappa shape index (κ3) is 1.96. The number of ketones is 1. The first kappa shape index (κ1) is 13.8. The number of carbonyl (C=O) groups excluding carboxylic acids is 1. The molecular weight excluding hydrogens is 260 g/mol. The van der Waals surface area contributed by atoms with Crippen LogP contribution in [0.3, 0.4) is 0 Å². The van der Waals surface area contributed by atoms with Crippen molar-refractivity contribution in [2.75, 3.05) is 0 Å². The maximum absolute atomic E-state index is 12.6. The Balaban J connectivity index is 2.33. The van der Waals surface area contributed by atoms with Gasteiger partial charge >= 0.3 is 0 Å². The highest BCUT2D eigenvalue weighted by molar-refractivity contribution is 6.33. The van der Waals surface area contributed by atoms with Crippen LogP contribution in [0.25, 0.3) is 16.8 Å². The normalized spacial score (nSPS) is 13.5. The number of hydrogen-bond donors (Lipinski definition) is 0. The molecule has 1 aromatic carbocycles. The summed E-state index contributed by atoms with van der Waals surface area (Å²) in [6.45, 7) is 11.3. The predicted molar refractivity (Wildman–Crippen MR) is 85.4 cm³/mol. The maximum Gasteiger partial charge on any atom is 0.195 e. The molecule has 0 spiro atoms. The number of hydrogen-bond acceptors (Lipinski definition) is 2. The summed E-state index contributed by atoms with van der Waals surface area (Å²) in [5.74, 6) is 1.37. The Morgan fingerprint density at radius 2 is 1.90 bits per heavy atom. The van der Waals surface area contributed by atoms with Gasteiger partial charge in [0.15, 0.2) is 5.78 Å². The average molecular weight is 280 g/mol. The van der Waals surface area contributed by atoms with Crippen LogP contribution in [0.2, 0.25) is 0 Å². The fraction of sp³-hybridized carbons (Fsp3) is 0.333. The second-order valence-electron chi connectivity index (χ2n) is 5.83. The molecule has 0 saturated heterocycles. The number of nitrogens with zero attached hydrogens (tertiary/aromatic N) is 2. The molecule has 0 radical (unpaired) electrons. The number of benzene rings is 1. The van der Waals surface area contributed by atoms with Crippen LogP contribution in [0.1, 0.15) is 55.0 Å².